The molecular formula is C8H5ClN2O2. The number of aromatic nitrogens is 2. The standard InChI is InChI=1S/C8H5ClN2O2/c9-8-4-1-6(12)7(13)2-5(4)10-3-11-8/h1-3,12-13H. The van der Waals surface area contributed by atoms with Gasteiger partial charge in [-0.15, -0.1) is 0 Å². The van der Waals surface area contributed by atoms with E-state index in [0.717, 1.165) is 0 Å². The summed E-state index contributed by atoms with van der Waals surface area (Å²) in [5, 5.41) is 19.1. The minimum Gasteiger partial charge on any atom is -0.504 e. The van der Waals surface area contributed by atoms with Crippen molar-refractivity contribution < 1.29 is 10.2 Å². The molecule has 0 bridgehead atoms. The lowest BCUT2D eigenvalue weighted by Gasteiger charge is -2.01. The van der Waals surface area contributed by atoms with E-state index in [-0.39, 0.29) is 16.7 Å². The molecule has 1 heterocycles. The third kappa shape index (κ3) is 1.25. The van der Waals surface area contributed by atoms with Gasteiger partial charge in [0.05, 0.1) is 5.52 Å². The fourth-order valence-corrected chi connectivity index (χ4v) is 1.24. The maximum absolute atomic E-state index is 9.18. The molecule has 0 aliphatic rings. The Balaban J connectivity index is 2.89. The van der Waals surface area contributed by atoms with Gasteiger partial charge in [0.25, 0.3) is 0 Å². The lowest BCUT2D eigenvalue weighted by atomic mass is 10.2. The second-order valence-electron chi connectivity index (χ2n) is 2.52. The van der Waals surface area contributed by atoms with Crippen LogP contribution in [0.5, 0.6) is 11.5 Å². The van der Waals surface area contributed by atoms with Crippen molar-refractivity contribution in [2.24, 2.45) is 0 Å². The Labute approximate surface area is 78.4 Å². The normalized spacial score (nSPS) is 10.5. The van der Waals surface area contributed by atoms with Gasteiger partial charge in [-0.3, -0.25) is 0 Å². The van der Waals surface area contributed by atoms with Crippen molar-refractivity contribution in [1.82, 2.24) is 9.97 Å². The highest BCUT2D eigenvalue weighted by molar-refractivity contribution is 6.34. The van der Waals surface area contributed by atoms with Gasteiger partial charge < -0.3 is 10.2 Å². The molecule has 4 nitrogen and oxygen atoms in total. The molecule has 1 aromatic carbocycles. The quantitative estimate of drug-likeness (QED) is 0.497. The zero-order chi connectivity index (χ0) is 9.42. The first-order valence-electron chi connectivity index (χ1n) is 3.50. The average Bonchev–Trinajstić information content (AvgIpc) is 2.09. The number of phenolic OH excluding ortho intramolecular Hbond substituents is 2. The number of phenols is 2. The van der Waals surface area contributed by atoms with Crippen molar-refractivity contribution in [2.75, 3.05) is 0 Å². The molecule has 2 aromatic rings. The monoisotopic (exact) mass is 196 g/mol. The topological polar surface area (TPSA) is 66.2 Å². The molecule has 1 aromatic heterocycles. The van der Waals surface area contributed by atoms with Gasteiger partial charge in [-0.2, -0.15) is 0 Å². The lowest BCUT2D eigenvalue weighted by molar-refractivity contribution is 0.405. The minimum absolute atomic E-state index is 0.220. The van der Waals surface area contributed by atoms with Gasteiger partial charge in [-0.05, 0) is 6.07 Å². The number of hydrogen-bond acceptors (Lipinski definition) is 4. The summed E-state index contributed by atoms with van der Waals surface area (Å²) in [6, 6.07) is 2.66. The summed E-state index contributed by atoms with van der Waals surface area (Å²) in [5.41, 5.74) is 0.496. The van der Waals surface area contributed by atoms with Gasteiger partial charge in [0.15, 0.2) is 11.5 Å². The zero-order valence-electron chi connectivity index (χ0n) is 6.40. The first-order chi connectivity index (χ1) is 6.18. The van der Waals surface area contributed by atoms with Crippen LogP contribution in [0.1, 0.15) is 0 Å². The SMILES string of the molecule is Oc1cc2ncnc(Cl)c2cc1O. The lowest BCUT2D eigenvalue weighted by Crippen LogP contribution is -1.83. The van der Waals surface area contributed by atoms with E-state index in [0.29, 0.717) is 10.9 Å². The summed E-state index contributed by atoms with van der Waals surface area (Å²) in [6.07, 6.45) is 1.29. The summed E-state index contributed by atoms with van der Waals surface area (Å²) >= 11 is 5.74. The van der Waals surface area contributed by atoms with E-state index < -0.39 is 0 Å². The average molecular weight is 197 g/mol. The molecule has 0 aliphatic heterocycles. The van der Waals surface area contributed by atoms with Crippen LogP contribution >= 0.6 is 11.6 Å². The fourth-order valence-electron chi connectivity index (χ4n) is 1.05. The molecule has 0 atom stereocenters. The largest absolute Gasteiger partial charge is 0.504 e. The predicted molar refractivity (Wildman–Crippen MR) is 47.9 cm³/mol. The van der Waals surface area contributed by atoms with E-state index in [1.807, 2.05) is 0 Å². The molecule has 0 saturated heterocycles. The van der Waals surface area contributed by atoms with Crippen molar-refractivity contribution in [3.63, 3.8) is 0 Å². The first kappa shape index (κ1) is 8.07. The molecule has 0 fully saturated rings. The summed E-state index contributed by atoms with van der Waals surface area (Å²) < 4.78 is 0. The van der Waals surface area contributed by atoms with Gasteiger partial charge in [0.1, 0.15) is 11.5 Å². The number of rotatable bonds is 0. The van der Waals surface area contributed by atoms with Crippen LogP contribution in [0.15, 0.2) is 18.5 Å². The van der Waals surface area contributed by atoms with Crippen molar-refractivity contribution in [2.45, 2.75) is 0 Å². The van der Waals surface area contributed by atoms with E-state index in [9.17, 15) is 5.11 Å². The molecule has 66 valence electrons. The van der Waals surface area contributed by atoms with Crippen molar-refractivity contribution in [3.8, 4) is 11.5 Å². The van der Waals surface area contributed by atoms with Crippen LogP contribution in [-0.4, -0.2) is 20.2 Å². The van der Waals surface area contributed by atoms with Crippen LogP contribution in [0.4, 0.5) is 0 Å². The van der Waals surface area contributed by atoms with E-state index in [4.69, 9.17) is 16.7 Å². The van der Waals surface area contributed by atoms with E-state index in [1.54, 1.807) is 0 Å². The van der Waals surface area contributed by atoms with Gasteiger partial charge in [-0.1, -0.05) is 11.6 Å². The number of nitrogens with zero attached hydrogens (tertiary/aromatic N) is 2. The van der Waals surface area contributed by atoms with Crippen LogP contribution in [0.25, 0.3) is 10.9 Å². The second kappa shape index (κ2) is 2.74. The molecule has 5 heteroatoms. The minimum atomic E-state index is -0.232. The molecule has 13 heavy (non-hydrogen) atoms. The molecule has 0 amide bonds. The van der Waals surface area contributed by atoms with Crippen molar-refractivity contribution in [3.05, 3.63) is 23.6 Å². The Morgan fingerprint density at radius 1 is 1.08 bits per heavy atom. The van der Waals surface area contributed by atoms with E-state index >= 15 is 0 Å². The highest BCUT2D eigenvalue weighted by Gasteiger charge is 2.06. The predicted octanol–water partition coefficient (Wildman–Crippen LogP) is 1.69. The Hall–Kier alpha value is -1.55. The first-order valence-corrected chi connectivity index (χ1v) is 3.88. The Morgan fingerprint density at radius 2 is 1.77 bits per heavy atom. The van der Waals surface area contributed by atoms with Gasteiger partial charge in [0.2, 0.25) is 0 Å². The Bertz CT molecular complexity index is 473. The molecule has 0 aliphatic carbocycles. The summed E-state index contributed by atoms with van der Waals surface area (Å²) in [6.45, 7) is 0. The van der Waals surface area contributed by atoms with Crippen molar-refractivity contribution in [1.29, 1.82) is 0 Å². The smallest absolute Gasteiger partial charge is 0.159 e. The summed E-state index contributed by atoms with van der Waals surface area (Å²) in [4.78, 5) is 7.62. The molecular weight excluding hydrogens is 192 g/mol. The van der Waals surface area contributed by atoms with E-state index in [2.05, 4.69) is 9.97 Å². The van der Waals surface area contributed by atoms with Crippen LogP contribution in [0.3, 0.4) is 0 Å². The third-order valence-corrected chi connectivity index (χ3v) is 1.98. The highest BCUT2D eigenvalue weighted by atomic mass is 35.5. The number of halogens is 1. The Morgan fingerprint density at radius 3 is 2.54 bits per heavy atom. The molecule has 0 spiro atoms. The van der Waals surface area contributed by atoms with Crippen LogP contribution in [0, 0.1) is 0 Å². The summed E-state index contributed by atoms with van der Waals surface area (Å²) in [7, 11) is 0. The molecule has 2 rings (SSSR count). The fraction of sp³-hybridized carbons (Fsp3) is 0. The zero-order valence-corrected chi connectivity index (χ0v) is 7.15. The number of benzene rings is 1. The molecule has 0 saturated carbocycles. The second-order valence-corrected chi connectivity index (χ2v) is 2.88. The van der Waals surface area contributed by atoms with Crippen LogP contribution < -0.4 is 0 Å². The molecule has 0 radical (unpaired) electrons. The maximum Gasteiger partial charge on any atom is 0.159 e. The number of fused-ring (bicyclic) bond motifs is 1. The van der Waals surface area contributed by atoms with Gasteiger partial charge in [0, 0.05) is 11.5 Å². The van der Waals surface area contributed by atoms with Crippen LogP contribution in [0.2, 0.25) is 5.15 Å². The number of hydrogen-bond donors (Lipinski definition) is 2. The third-order valence-electron chi connectivity index (χ3n) is 1.68. The van der Waals surface area contributed by atoms with Crippen molar-refractivity contribution >= 4 is 22.5 Å². The van der Waals surface area contributed by atoms with Gasteiger partial charge >= 0.3 is 0 Å². The molecule has 2 N–H and O–H groups in total. The maximum atomic E-state index is 9.18. The van der Waals surface area contributed by atoms with Gasteiger partial charge in [-0.25, -0.2) is 9.97 Å². The van der Waals surface area contributed by atoms with Crippen LogP contribution in [-0.2, 0) is 0 Å². The highest BCUT2D eigenvalue weighted by Crippen LogP contribution is 2.31. The van der Waals surface area contributed by atoms with E-state index in [1.165, 1.54) is 18.5 Å². The number of aromatic hydroxyl groups is 2. The Kier molecular flexibility index (Phi) is 1.70. The molecule has 0 unspecified atom stereocenters. The summed E-state index contributed by atoms with van der Waals surface area (Å²) in [5.74, 6) is -0.452.